The summed E-state index contributed by atoms with van der Waals surface area (Å²) < 4.78 is 7.20. The fourth-order valence-corrected chi connectivity index (χ4v) is 1.93. The summed E-state index contributed by atoms with van der Waals surface area (Å²) in [4.78, 5) is 16.1. The number of phenolic OH excluding ortho intramolecular Hbond substituents is 1. The second-order valence-corrected chi connectivity index (χ2v) is 3.88. The summed E-state index contributed by atoms with van der Waals surface area (Å²) in [7, 11) is 0. The Morgan fingerprint density at radius 1 is 1.44 bits per heavy atom. The van der Waals surface area contributed by atoms with Crippen molar-refractivity contribution in [2.75, 3.05) is 6.61 Å². The third-order valence-corrected chi connectivity index (χ3v) is 2.81. The van der Waals surface area contributed by atoms with Gasteiger partial charge in [-0.2, -0.15) is 0 Å². The van der Waals surface area contributed by atoms with E-state index in [2.05, 4.69) is 4.98 Å². The van der Waals surface area contributed by atoms with Crippen LogP contribution in [-0.2, 0) is 0 Å². The Balaban J connectivity index is 0.00000120. The molecule has 0 amide bonds. The van der Waals surface area contributed by atoms with Gasteiger partial charge < -0.3 is 14.4 Å². The van der Waals surface area contributed by atoms with Crippen molar-refractivity contribution in [1.82, 2.24) is 9.55 Å². The van der Waals surface area contributed by atoms with Crippen molar-refractivity contribution in [3.8, 4) is 11.5 Å². The Kier molecular flexibility index (Phi) is 3.38. The number of carbonyl (C=O) groups is 1. The van der Waals surface area contributed by atoms with E-state index < -0.39 is 0 Å². The van der Waals surface area contributed by atoms with Crippen molar-refractivity contribution in [2.45, 2.75) is 6.04 Å². The molecule has 1 atom stereocenters. The molecule has 1 aromatic carbocycles. The molecule has 1 N–H and O–H groups in total. The summed E-state index contributed by atoms with van der Waals surface area (Å²) in [6.07, 6.45) is 4.95. The molecule has 0 bridgehead atoms. The second-order valence-electron chi connectivity index (χ2n) is 3.88. The molecule has 3 rings (SSSR count). The Hall–Kier alpha value is -1.82. The maximum atomic E-state index is 12.2. The summed E-state index contributed by atoms with van der Waals surface area (Å²) >= 11 is 0. The molecule has 1 aliphatic rings. The van der Waals surface area contributed by atoms with E-state index in [1.54, 1.807) is 29.4 Å². The molecular formula is C12H11BrN2O3. The number of ether oxygens (including phenoxy) is 1. The zero-order valence-corrected chi connectivity index (χ0v) is 11.0. The van der Waals surface area contributed by atoms with Gasteiger partial charge in [-0.25, -0.2) is 4.98 Å². The van der Waals surface area contributed by atoms with Gasteiger partial charge in [-0.3, -0.25) is 4.79 Å². The monoisotopic (exact) mass is 310 g/mol. The average molecular weight is 311 g/mol. The average Bonchev–Trinajstić information content (AvgIpc) is 2.82. The lowest BCUT2D eigenvalue weighted by atomic mass is 10.0. The van der Waals surface area contributed by atoms with Crippen LogP contribution in [0.25, 0.3) is 0 Å². The predicted molar refractivity (Wildman–Crippen MR) is 69.5 cm³/mol. The highest BCUT2D eigenvalue weighted by Crippen LogP contribution is 2.32. The summed E-state index contributed by atoms with van der Waals surface area (Å²) in [5.74, 6) is 0.508. The molecule has 1 aliphatic heterocycles. The number of aromatic hydroxyl groups is 1. The third kappa shape index (κ3) is 1.99. The van der Waals surface area contributed by atoms with E-state index >= 15 is 0 Å². The first kappa shape index (κ1) is 12.6. The van der Waals surface area contributed by atoms with E-state index in [9.17, 15) is 9.90 Å². The van der Waals surface area contributed by atoms with Gasteiger partial charge in [0.2, 0.25) is 0 Å². The number of aromatic nitrogens is 2. The van der Waals surface area contributed by atoms with Crippen LogP contribution >= 0.6 is 17.0 Å². The number of phenols is 1. The summed E-state index contributed by atoms with van der Waals surface area (Å²) in [5, 5.41) is 9.32. The number of rotatable bonds is 1. The number of hydrogen-bond acceptors (Lipinski definition) is 4. The predicted octanol–water partition coefficient (Wildman–Crippen LogP) is 1.98. The molecule has 5 nitrogen and oxygen atoms in total. The number of ketones is 1. The highest BCUT2D eigenvalue weighted by atomic mass is 79.9. The number of benzene rings is 1. The van der Waals surface area contributed by atoms with Crippen LogP contribution < -0.4 is 4.74 Å². The summed E-state index contributed by atoms with van der Waals surface area (Å²) in [6.45, 7) is 0.256. The standard InChI is InChI=1S/C12H10N2O3.BrH/c15-8-1-2-9-11(5-8)17-6-10(12(9)16)14-4-3-13-7-14;/h1-5,7,10,15H,6H2;1H. The van der Waals surface area contributed by atoms with Crippen molar-refractivity contribution in [1.29, 1.82) is 0 Å². The maximum Gasteiger partial charge on any atom is 0.192 e. The van der Waals surface area contributed by atoms with Crippen molar-refractivity contribution < 1.29 is 14.6 Å². The van der Waals surface area contributed by atoms with E-state index in [1.807, 2.05) is 0 Å². The third-order valence-electron chi connectivity index (χ3n) is 2.81. The van der Waals surface area contributed by atoms with Crippen molar-refractivity contribution in [2.24, 2.45) is 0 Å². The molecule has 18 heavy (non-hydrogen) atoms. The number of hydrogen-bond donors (Lipinski definition) is 1. The molecule has 1 aromatic heterocycles. The Morgan fingerprint density at radius 3 is 3.00 bits per heavy atom. The van der Waals surface area contributed by atoms with Gasteiger partial charge in [-0.15, -0.1) is 17.0 Å². The first-order valence-corrected chi connectivity index (χ1v) is 5.23. The minimum absolute atomic E-state index is 0. The molecule has 0 saturated heterocycles. The summed E-state index contributed by atoms with van der Waals surface area (Å²) in [6, 6.07) is 4.14. The molecule has 0 aliphatic carbocycles. The maximum absolute atomic E-state index is 12.2. The van der Waals surface area contributed by atoms with Gasteiger partial charge in [0, 0.05) is 18.5 Å². The van der Waals surface area contributed by atoms with Crippen LogP contribution in [0.4, 0.5) is 0 Å². The highest BCUT2D eigenvalue weighted by Gasteiger charge is 2.29. The lowest BCUT2D eigenvalue weighted by molar-refractivity contribution is 0.0841. The smallest absolute Gasteiger partial charge is 0.192 e. The topological polar surface area (TPSA) is 64.3 Å². The van der Waals surface area contributed by atoms with Crippen LogP contribution in [0.15, 0.2) is 36.9 Å². The first-order chi connectivity index (χ1) is 8.25. The number of carbonyl (C=O) groups excluding carboxylic acids is 1. The molecule has 94 valence electrons. The van der Waals surface area contributed by atoms with Gasteiger partial charge in [0.1, 0.15) is 24.1 Å². The molecule has 0 spiro atoms. The van der Waals surface area contributed by atoms with Gasteiger partial charge in [0.15, 0.2) is 5.78 Å². The van der Waals surface area contributed by atoms with Gasteiger partial charge >= 0.3 is 0 Å². The number of nitrogens with zero attached hydrogens (tertiary/aromatic N) is 2. The summed E-state index contributed by atoms with van der Waals surface area (Å²) in [5.41, 5.74) is 0.493. The van der Waals surface area contributed by atoms with Gasteiger partial charge in [0.25, 0.3) is 0 Å². The largest absolute Gasteiger partial charge is 0.508 e. The van der Waals surface area contributed by atoms with E-state index in [1.165, 1.54) is 12.1 Å². The van der Waals surface area contributed by atoms with Crippen LogP contribution in [-0.4, -0.2) is 27.0 Å². The Bertz CT molecular complexity index is 569. The van der Waals surface area contributed by atoms with E-state index in [-0.39, 0.29) is 41.2 Å². The Morgan fingerprint density at radius 2 is 2.28 bits per heavy atom. The molecular weight excluding hydrogens is 300 g/mol. The van der Waals surface area contributed by atoms with Crippen molar-refractivity contribution in [3.63, 3.8) is 0 Å². The molecule has 0 saturated carbocycles. The minimum Gasteiger partial charge on any atom is -0.508 e. The van der Waals surface area contributed by atoms with Crippen LogP contribution in [0.2, 0.25) is 0 Å². The van der Waals surface area contributed by atoms with Crippen molar-refractivity contribution >= 4 is 22.8 Å². The number of Topliss-reactive ketones (excluding diaryl/α,β-unsaturated/α-hetero) is 1. The lowest BCUT2D eigenvalue weighted by Gasteiger charge is -2.24. The quantitative estimate of drug-likeness (QED) is 0.875. The van der Waals surface area contributed by atoms with Crippen LogP contribution in [0.5, 0.6) is 11.5 Å². The van der Waals surface area contributed by atoms with Gasteiger partial charge in [0.05, 0.1) is 11.9 Å². The number of halogens is 1. The fourth-order valence-electron chi connectivity index (χ4n) is 1.93. The van der Waals surface area contributed by atoms with Gasteiger partial charge in [-0.05, 0) is 12.1 Å². The molecule has 6 heteroatoms. The zero-order valence-electron chi connectivity index (χ0n) is 9.31. The van der Waals surface area contributed by atoms with E-state index in [0.717, 1.165) is 0 Å². The molecule has 2 heterocycles. The van der Waals surface area contributed by atoms with Crippen LogP contribution in [0.1, 0.15) is 16.4 Å². The zero-order chi connectivity index (χ0) is 11.8. The molecule has 1 unspecified atom stereocenters. The minimum atomic E-state index is -0.380. The molecule has 0 fully saturated rings. The fraction of sp³-hybridized carbons (Fsp3) is 0.167. The normalized spacial score (nSPS) is 17.6. The molecule has 2 aromatic rings. The van der Waals surface area contributed by atoms with Crippen LogP contribution in [0.3, 0.4) is 0 Å². The van der Waals surface area contributed by atoms with Crippen molar-refractivity contribution in [3.05, 3.63) is 42.5 Å². The molecule has 0 radical (unpaired) electrons. The van der Waals surface area contributed by atoms with E-state index in [0.29, 0.717) is 11.3 Å². The second kappa shape index (κ2) is 4.81. The van der Waals surface area contributed by atoms with Gasteiger partial charge in [-0.1, -0.05) is 0 Å². The number of fused-ring (bicyclic) bond motifs is 1. The SMILES string of the molecule is Br.O=C1c2ccc(O)cc2OCC1n1ccnc1. The highest BCUT2D eigenvalue weighted by molar-refractivity contribution is 8.93. The lowest BCUT2D eigenvalue weighted by Crippen LogP contribution is -2.29. The Labute approximate surface area is 114 Å². The first-order valence-electron chi connectivity index (χ1n) is 5.23. The van der Waals surface area contributed by atoms with E-state index in [4.69, 9.17) is 4.74 Å². The van der Waals surface area contributed by atoms with Crippen LogP contribution in [0, 0.1) is 0 Å². The number of imidazole rings is 1.